The summed E-state index contributed by atoms with van der Waals surface area (Å²) in [5.41, 5.74) is 0.595. The molecule has 0 unspecified atom stereocenters. The van der Waals surface area contributed by atoms with E-state index in [-0.39, 0.29) is 0 Å². The van der Waals surface area contributed by atoms with Crippen LogP contribution in [0.3, 0.4) is 0 Å². The first-order valence-electron chi connectivity index (χ1n) is 4.11. The molecule has 0 nitrogen and oxygen atoms in total. The molecule has 0 saturated heterocycles. The first kappa shape index (κ1) is 9.74. The molecular formula is C10H20. The maximum atomic E-state index is 3.00. The maximum Gasteiger partial charge on any atom is -0.0354 e. The molecular weight excluding hydrogens is 120 g/mol. The second-order valence-electron chi connectivity index (χ2n) is 3.99. The van der Waals surface area contributed by atoms with E-state index < -0.39 is 0 Å². The standard InChI is InChI=1S/C8H16.C2H4/c1-8(2,3)7-5-4-6-7;1-2/h7H,4-6H2,1-3H3;1-2H2. The summed E-state index contributed by atoms with van der Waals surface area (Å²) in [5, 5.41) is 0. The Morgan fingerprint density at radius 2 is 1.50 bits per heavy atom. The normalized spacial score (nSPS) is 18.7. The molecule has 0 spiro atoms. The third-order valence-corrected chi connectivity index (χ3v) is 2.33. The van der Waals surface area contributed by atoms with Crippen molar-refractivity contribution in [3.8, 4) is 0 Å². The first-order chi connectivity index (χ1) is 4.61. The summed E-state index contributed by atoms with van der Waals surface area (Å²) >= 11 is 0. The maximum absolute atomic E-state index is 3.00. The summed E-state index contributed by atoms with van der Waals surface area (Å²) in [6.45, 7) is 13.0. The summed E-state index contributed by atoms with van der Waals surface area (Å²) in [4.78, 5) is 0. The Morgan fingerprint density at radius 1 is 1.10 bits per heavy atom. The van der Waals surface area contributed by atoms with E-state index in [4.69, 9.17) is 0 Å². The molecule has 0 aromatic rings. The van der Waals surface area contributed by atoms with Gasteiger partial charge in [0.2, 0.25) is 0 Å². The van der Waals surface area contributed by atoms with Crippen LogP contribution >= 0.6 is 0 Å². The summed E-state index contributed by atoms with van der Waals surface area (Å²) in [6, 6.07) is 0. The lowest BCUT2D eigenvalue weighted by Gasteiger charge is -2.37. The molecule has 0 N–H and O–H groups in total. The molecule has 10 heavy (non-hydrogen) atoms. The highest BCUT2D eigenvalue weighted by atomic mass is 14.3. The van der Waals surface area contributed by atoms with Crippen molar-refractivity contribution >= 4 is 0 Å². The van der Waals surface area contributed by atoms with Gasteiger partial charge in [-0.25, -0.2) is 0 Å². The molecule has 1 fully saturated rings. The van der Waals surface area contributed by atoms with Crippen molar-refractivity contribution in [2.45, 2.75) is 40.0 Å². The lowest BCUT2D eigenvalue weighted by Crippen LogP contribution is -2.26. The van der Waals surface area contributed by atoms with Gasteiger partial charge in [0.25, 0.3) is 0 Å². The number of hydrogen-bond donors (Lipinski definition) is 0. The molecule has 0 aliphatic heterocycles. The van der Waals surface area contributed by atoms with Crippen LogP contribution in [0.4, 0.5) is 0 Å². The minimum atomic E-state index is 0.595. The molecule has 0 atom stereocenters. The molecule has 0 bridgehead atoms. The average Bonchev–Trinajstić information content (AvgIpc) is 1.61. The van der Waals surface area contributed by atoms with Gasteiger partial charge >= 0.3 is 0 Å². The van der Waals surface area contributed by atoms with Gasteiger partial charge in [0, 0.05) is 0 Å². The number of rotatable bonds is 0. The zero-order chi connectivity index (χ0) is 8.20. The molecule has 0 aromatic carbocycles. The smallest absolute Gasteiger partial charge is 0.0354 e. The van der Waals surface area contributed by atoms with Crippen molar-refractivity contribution in [2.24, 2.45) is 11.3 Å². The highest BCUT2D eigenvalue weighted by Gasteiger charge is 2.29. The zero-order valence-corrected chi connectivity index (χ0v) is 7.61. The van der Waals surface area contributed by atoms with Crippen molar-refractivity contribution in [2.75, 3.05) is 0 Å². The molecule has 1 saturated carbocycles. The van der Waals surface area contributed by atoms with Gasteiger partial charge in [0.05, 0.1) is 0 Å². The van der Waals surface area contributed by atoms with Crippen LogP contribution in [0.2, 0.25) is 0 Å². The summed E-state index contributed by atoms with van der Waals surface area (Å²) in [6.07, 6.45) is 4.43. The van der Waals surface area contributed by atoms with E-state index in [9.17, 15) is 0 Å². The fourth-order valence-electron chi connectivity index (χ4n) is 1.27. The van der Waals surface area contributed by atoms with Crippen LogP contribution in [0.15, 0.2) is 13.2 Å². The lowest BCUT2D eigenvalue weighted by atomic mass is 9.69. The van der Waals surface area contributed by atoms with Crippen LogP contribution in [0.25, 0.3) is 0 Å². The third kappa shape index (κ3) is 2.55. The van der Waals surface area contributed by atoms with Crippen LogP contribution in [0, 0.1) is 11.3 Å². The van der Waals surface area contributed by atoms with Crippen LogP contribution < -0.4 is 0 Å². The predicted molar refractivity (Wildman–Crippen MR) is 48.1 cm³/mol. The summed E-state index contributed by atoms with van der Waals surface area (Å²) in [5.74, 6) is 1.03. The van der Waals surface area contributed by atoms with Crippen molar-refractivity contribution in [1.82, 2.24) is 0 Å². The average molecular weight is 140 g/mol. The van der Waals surface area contributed by atoms with Crippen LogP contribution in [0.5, 0.6) is 0 Å². The van der Waals surface area contributed by atoms with Gasteiger partial charge in [-0.15, -0.1) is 13.2 Å². The Labute approximate surface area is 65.3 Å². The molecule has 0 aromatic heterocycles. The van der Waals surface area contributed by atoms with Crippen LogP contribution in [-0.2, 0) is 0 Å². The highest BCUT2D eigenvalue weighted by molar-refractivity contribution is 4.80. The monoisotopic (exact) mass is 140 g/mol. The van der Waals surface area contributed by atoms with Gasteiger partial charge in [-0.05, 0) is 24.2 Å². The van der Waals surface area contributed by atoms with Gasteiger partial charge < -0.3 is 0 Å². The molecule has 1 aliphatic carbocycles. The topological polar surface area (TPSA) is 0 Å². The first-order valence-corrected chi connectivity index (χ1v) is 4.11. The Kier molecular flexibility index (Phi) is 3.70. The zero-order valence-electron chi connectivity index (χ0n) is 7.61. The Hall–Kier alpha value is -0.260. The fourth-order valence-corrected chi connectivity index (χ4v) is 1.27. The second-order valence-corrected chi connectivity index (χ2v) is 3.99. The molecule has 0 heteroatoms. The van der Waals surface area contributed by atoms with E-state index >= 15 is 0 Å². The van der Waals surface area contributed by atoms with Crippen molar-refractivity contribution in [3.63, 3.8) is 0 Å². The minimum Gasteiger partial charge on any atom is -0.106 e. The molecule has 1 rings (SSSR count). The van der Waals surface area contributed by atoms with E-state index in [0.717, 1.165) is 5.92 Å². The van der Waals surface area contributed by atoms with E-state index in [1.54, 1.807) is 0 Å². The van der Waals surface area contributed by atoms with E-state index in [1.807, 2.05) is 0 Å². The van der Waals surface area contributed by atoms with E-state index in [2.05, 4.69) is 33.9 Å². The van der Waals surface area contributed by atoms with Crippen LogP contribution in [-0.4, -0.2) is 0 Å². The molecule has 60 valence electrons. The van der Waals surface area contributed by atoms with Gasteiger partial charge in [-0.3, -0.25) is 0 Å². The molecule has 0 heterocycles. The van der Waals surface area contributed by atoms with Gasteiger partial charge in [0.15, 0.2) is 0 Å². The minimum absolute atomic E-state index is 0.595. The Balaban J connectivity index is 0.000000371. The van der Waals surface area contributed by atoms with Crippen LogP contribution in [0.1, 0.15) is 40.0 Å². The lowest BCUT2D eigenvalue weighted by molar-refractivity contribution is 0.141. The molecule has 0 radical (unpaired) electrons. The van der Waals surface area contributed by atoms with Gasteiger partial charge in [-0.2, -0.15) is 0 Å². The highest BCUT2D eigenvalue weighted by Crippen LogP contribution is 2.40. The van der Waals surface area contributed by atoms with Crippen molar-refractivity contribution in [3.05, 3.63) is 13.2 Å². The van der Waals surface area contributed by atoms with Gasteiger partial charge in [0.1, 0.15) is 0 Å². The molecule has 1 aliphatic rings. The Morgan fingerprint density at radius 3 is 1.50 bits per heavy atom. The van der Waals surface area contributed by atoms with Gasteiger partial charge in [-0.1, -0.05) is 27.2 Å². The predicted octanol–water partition coefficient (Wildman–Crippen LogP) is 3.63. The SMILES string of the molecule is C=C.CC(C)(C)C1CCC1. The van der Waals surface area contributed by atoms with Crippen molar-refractivity contribution in [1.29, 1.82) is 0 Å². The quantitative estimate of drug-likeness (QED) is 0.451. The third-order valence-electron chi connectivity index (χ3n) is 2.33. The van der Waals surface area contributed by atoms with E-state index in [0.29, 0.717) is 5.41 Å². The fraction of sp³-hybridized carbons (Fsp3) is 0.800. The summed E-state index contributed by atoms with van der Waals surface area (Å²) in [7, 11) is 0. The van der Waals surface area contributed by atoms with E-state index in [1.165, 1.54) is 19.3 Å². The largest absolute Gasteiger partial charge is 0.106 e. The Bertz CT molecular complexity index is 82.7. The number of hydrogen-bond acceptors (Lipinski definition) is 0. The molecule has 0 amide bonds. The summed E-state index contributed by atoms with van der Waals surface area (Å²) < 4.78 is 0. The second kappa shape index (κ2) is 3.80. The van der Waals surface area contributed by atoms with Crippen molar-refractivity contribution < 1.29 is 0 Å².